The largest absolute Gasteiger partial charge is 0.490 e. The Morgan fingerprint density at radius 1 is 0.960 bits per heavy atom. The Balaban J connectivity index is 0.00000109. The van der Waals surface area contributed by atoms with E-state index in [2.05, 4.69) is 28.7 Å². The third-order valence-electron chi connectivity index (χ3n) is 3.74. The van der Waals surface area contributed by atoms with Crippen molar-refractivity contribution in [3.05, 3.63) is 65.7 Å². The number of nitrogens with one attached hydrogen (secondary N) is 1. The smallest absolute Gasteiger partial charge is 0.120 e. The minimum atomic E-state index is 0.546. The molecule has 0 amide bonds. The molecule has 0 aromatic heterocycles. The maximum Gasteiger partial charge on any atom is 0.120 e. The summed E-state index contributed by atoms with van der Waals surface area (Å²) in [5.41, 5.74) is 5.34. The number of benzene rings is 2. The first-order valence-corrected chi connectivity index (χ1v) is 8.63. The molecule has 0 heterocycles. The van der Waals surface area contributed by atoms with Gasteiger partial charge in [-0.2, -0.15) is 0 Å². The number of nitrogens with zero attached hydrogens (tertiary/aromatic N) is 1. The van der Waals surface area contributed by atoms with Crippen molar-refractivity contribution in [1.82, 2.24) is 5.32 Å². The van der Waals surface area contributed by atoms with Crippen molar-refractivity contribution in [2.75, 3.05) is 27.3 Å². The van der Waals surface area contributed by atoms with Crippen molar-refractivity contribution in [2.45, 2.75) is 13.8 Å². The van der Waals surface area contributed by atoms with Gasteiger partial charge in [0.2, 0.25) is 0 Å². The molecular formula is C21H26N2O2. The van der Waals surface area contributed by atoms with E-state index in [1.807, 2.05) is 57.3 Å². The predicted octanol–water partition coefficient (Wildman–Crippen LogP) is 4.25. The molecular weight excluding hydrogens is 312 g/mol. The molecule has 1 N–H and O–H groups in total. The second-order valence-electron chi connectivity index (χ2n) is 5.22. The van der Waals surface area contributed by atoms with Gasteiger partial charge in [-0.3, -0.25) is 0 Å². The van der Waals surface area contributed by atoms with E-state index in [4.69, 9.17) is 9.57 Å². The number of oxime groups is 1. The number of rotatable bonds is 6. The van der Waals surface area contributed by atoms with Crippen LogP contribution >= 0.6 is 0 Å². The quantitative estimate of drug-likeness (QED) is 0.540. The van der Waals surface area contributed by atoms with Crippen molar-refractivity contribution in [3.63, 3.8) is 0 Å². The molecule has 2 aromatic carbocycles. The Bertz CT molecular complexity index is 751. The van der Waals surface area contributed by atoms with Crippen LogP contribution in [0.2, 0.25) is 0 Å². The third kappa shape index (κ3) is 4.28. The number of fused-ring (bicyclic) bond motifs is 3. The third-order valence-corrected chi connectivity index (χ3v) is 3.74. The minimum absolute atomic E-state index is 0.546. The maximum absolute atomic E-state index is 5.79. The molecule has 2 aromatic rings. The highest BCUT2D eigenvalue weighted by Crippen LogP contribution is 2.38. The first kappa shape index (κ1) is 18.7. The molecule has 0 atom stereocenters. The van der Waals surface area contributed by atoms with E-state index in [9.17, 15) is 0 Å². The van der Waals surface area contributed by atoms with E-state index in [1.54, 1.807) is 7.11 Å². The Kier molecular flexibility index (Phi) is 7.23. The lowest BCUT2D eigenvalue weighted by molar-refractivity contribution is 0.214. The second kappa shape index (κ2) is 9.64. The molecule has 0 spiro atoms. The summed E-state index contributed by atoms with van der Waals surface area (Å²) in [6, 6.07) is 14.3. The fraction of sp³-hybridized carbons (Fsp3) is 0.286. The summed E-state index contributed by atoms with van der Waals surface area (Å²) in [5.74, 6) is 0.828. The highest BCUT2D eigenvalue weighted by atomic mass is 16.6. The normalized spacial score (nSPS) is 13.2. The van der Waals surface area contributed by atoms with E-state index in [0.29, 0.717) is 6.61 Å². The van der Waals surface area contributed by atoms with Gasteiger partial charge in [0.15, 0.2) is 0 Å². The number of likely N-dealkylation sites (N-methyl/N-ethyl adjacent to an activating group) is 1. The predicted molar refractivity (Wildman–Crippen MR) is 104 cm³/mol. The van der Waals surface area contributed by atoms with Gasteiger partial charge in [0.05, 0.1) is 0 Å². The van der Waals surface area contributed by atoms with Gasteiger partial charge in [0.1, 0.15) is 25.2 Å². The lowest BCUT2D eigenvalue weighted by Gasteiger charge is -2.06. The molecule has 0 saturated heterocycles. The van der Waals surface area contributed by atoms with E-state index in [1.165, 1.54) is 5.56 Å². The average molecular weight is 338 g/mol. The number of ether oxygens (including phenoxy) is 1. The lowest BCUT2D eigenvalue weighted by Crippen LogP contribution is -2.05. The molecule has 4 heteroatoms. The van der Waals surface area contributed by atoms with Crippen molar-refractivity contribution in [3.8, 4) is 16.9 Å². The summed E-state index contributed by atoms with van der Waals surface area (Å²) in [4.78, 5) is 5.03. The highest BCUT2D eigenvalue weighted by molar-refractivity contribution is 6.24. The molecule has 132 valence electrons. The monoisotopic (exact) mass is 338 g/mol. The summed E-state index contributed by atoms with van der Waals surface area (Å²) >= 11 is 0. The van der Waals surface area contributed by atoms with E-state index in [-0.39, 0.29) is 0 Å². The van der Waals surface area contributed by atoms with Crippen molar-refractivity contribution in [2.24, 2.45) is 5.16 Å². The standard InChI is InChI=1S/C19H20N2O2.C2H6/c1-20-11-5-6-12-23-14-9-10-16-15-7-3-4-8-17(15)19(21-22-2)18(16)13-14;1-2/h3-10,13,20H,11-12H2,1-2H3;1-2H3/b6-5-,21-19-;. The number of hydrogen-bond donors (Lipinski definition) is 1. The van der Waals surface area contributed by atoms with Crippen molar-refractivity contribution >= 4 is 5.71 Å². The molecule has 0 unspecified atom stereocenters. The Morgan fingerprint density at radius 2 is 1.68 bits per heavy atom. The van der Waals surface area contributed by atoms with Crippen LogP contribution in [0.1, 0.15) is 25.0 Å². The summed E-state index contributed by atoms with van der Waals surface area (Å²) < 4.78 is 5.79. The van der Waals surface area contributed by atoms with Gasteiger partial charge < -0.3 is 14.9 Å². The zero-order valence-corrected chi connectivity index (χ0v) is 15.4. The SMILES string of the molecule is CC.CNC/C=C\COc1ccc2c(c1)/C(=N\OC)c1ccccc1-2. The number of hydrogen-bond acceptors (Lipinski definition) is 4. The van der Waals surface area contributed by atoms with Crippen molar-refractivity contribution < 1.29 is 9.57 Å². The summed E-state index contributed by atoms with van der Waals surface area (Å²) in [7, 11) is 3.49. The maximum atomic E-state index is 5.79. The van der Waals surface area contributed by atoms with Crippen LogP contribution in [0, 0.1) is 0 Å². The zero-order valence-electron chi connectivity index (χ0n) is 15.4. The van der Waals surface area contributed by atoms with Crippen LogP contribution in [0.3, 0.4) is 0 Å². The van der Waals surface area contributed by atoms with E-state index in [0.717, 1.165) is 34.7 Å². The van der Waals surface area contributed by atoms with Crippen LogP contribution in [0.4, 0.5) is 0 Å². The molecule has 4 nitrogen and oxygen atoms in total. The van der Waals surface area contributed by atoms with Gasteiger partial charge in [0.25, 0.3) is 0 Å². The molecule has 0 bridgehead atoms. The van der Waals surface area contributed by atoms with Gasteiger partial charge >= 0.3 is 0 Å². The average Bonchev–Trinajstić information content (AvgIpc) is 2.97. The molecule has 25 heavy (non-hydrogen) atoms. The zero-order chi connectivity index (χ0) is 18.1. The van der Waals surface area contributed by atoms with Gasteiger partial charge in [-0.15, -0.1) is 0 Å². The molecule has 3 rings (SSSR count). The van der Waals surface area contributed by atoms with Gasteiger partial charge in [-0.25, -0.2) is 0 Å². The topological polar surface area (TPSA) is 42.8 Å². The fourth-order valence-electron chi connectivity index (χ4n) is 2.72. The van der Waals surface area contributed by atoms with Gasteiger partial charge in [-0.05, 0) is 36.4 Å². The van der Waals surface area contributed by atoms with Crippen LogP contribution in [-0.2, 0) is 4.84 Å². The van der Waals surface area contributed by atoms with Crippen LogP contribution in [0.15, 0.2) is 59.8 Å². The second-order valence-corrected chi connectivity index (χ2v) is 5.22. The molecule has 0 radical (unpaired) electrons. The van der Waals surface area contributed by atoms with Crippen molar-refractivity contribution in [1.29, 1.82) is 0 Å². The van der Waals surface area contributed by atoms with Crippen LogP contribution in [0.25, 0.3) is 11.1 Å². The lowest BCUT2D eigenvalue weighted by atomic mass is 10.1. The Morgan fingerprint density at radius 3 is 2.40 bits per heavy atom. The van der Waals surface area contributed by atoms with Crippen LogP contribution < -0.4 is 10.1 Å². The summed E-state index contributed by atoms with van der Waals surface area (Å²) in [5, 5.41) is 7.27. The van der Waals surface area contributed by atoms with E-state index < -0.39 is 0 Å². The fourth-order valence-corrected chi connectivity index (χ4v) is 2.72. The first-order chi connectivity index (χ1) is 12.3. The summed E-state index contributed by atoms with van der Waals surface area (Å²) in [6.45, 7) is 5.39. The van der Waals surface area contributed by atoms with Crippen LogP contribution in [-0.4, -0.2) is 33.0 Å². The Hall–Kier alpha value is -2.59. The van der Waals surface area contributed by atoms with Gasteiger partial charge in [-0.1, -0.05) is 55.4 Å². The molecule has 0 fully saturated rings. The molecule has 1 aliphatic carbocycles. The van der Waals surface area contributed by atoms with E-state index >= 15 is 0 Å². The minimum Gasteiger partial charge on any atom is -0.490 e. The molecule has 1 aliphatic rings. The first-order valence-electron chi connectivity index (χ1n) is 8.63. The highest BCUT2D eigenvalue weighted by Gasteiger charge is 2.25. The molecule has 0 aliphatic heterocycles. The van der Waals surface area contributed by atoms with Gasteiger partial charge in [0, 0.05) is 17.7 Å². The Labute approximate surface area is 150 Å². The van der Waals surface area contributed by atoms with Crippen LogP contribution in [0.5, 0.6) is 5.75 Å². The molecule has 0 saturated carbocycles. The summed E-state index contributed by atoms with van der Waals surface area (Å²) in [6.07, 6.45) is 4.05.